The van der Waals surface area contributed by atoms with Crippen LogP contribution in [-0.4, -0.2) is 105 Å². The summed E-state index contributed by atoms with van der Waals surface area (Å²) in [5.74, 6) is 2.07. The lowest BCUT2D eigenvalue weighted by molar-refractivity contribution is -0.0508. The summed E-state index contributed by atoms with van der Waals surface area (Å²) in [7, 11) is 1.72. The lowest BCUT2D eigenvalue weighted by Gasteiger charge is -2.19. The SMILES string of the molecule is CC[C@H](CO)Nc1nc(NCc2ccccc2)c2ncn(C(C)C)c2n1.CN1N=C(N)c2cn([C@@H]3O[C@H](CO)[C@@H](O)[C@H]3O)c3ncnc1c23. The van der Waals surface area contributed by atoms with Crippen molar-refractivity contribution >= 4 is 45.6 Å². The van der Waals surface area contributed by atoms with Crippen molar-refractivity contribution in [1.82, 2.24) is 34.1 Å². The van der Waals surface area contributed by atoms with Crippen molar-refractivity contribution in [3.63, 3.8) is 0 Å². The van der Waals surface area contributed by atoms with E-state index in [9.17, 15) is 20.4 Å². The fourth-order valence-electron chi connectivity index (χ4n) is 5.80. The third kappa shape index (κ3) is 6.58. The first kappa shape index (κ1) is 33.9. The zero-order valence-corrected chi connectivity index (χ0v) is 27.7. The highest BCUT2D eigenvalue weighted by Gasteiger charge is 2.44. The van der Waals surface area contributed by atoms with Gasteiger partial charge in [0.25, 0.3) is 0 Å². The second-order valence-corrected chi connectivity index (χ2v) is 12.2. The van der Waals surface area contributed by atoms with E-state index < -0.39 is 31.1 Å². The molecule has 0 unspecified atom stereocenters. The van der Waals surface area contributed by atoms with Crippen LogP contribution in [0.15, 0.2) is 54.3 Å². The Balaban J connectivity index is 0.000000171. The molecule has 0 saturated carbocycles. The third-order valence-corrected chi connectivity index (χ3v) is 8.55. The number of imidazole rings is 1. The highest BCUT2D eigenvalue weighted by Crippen LogP contribution is 2.37. The molecular weight excluding hydrogens is 632 g/mol. The van der Waals surface area contributed by atoms with Crippen LogP contribution in [0.4, 0.5) is 17.6 Å². The largest absolute Gasteiger partial charge is 0.394 e. The fraction of sp³-hybridized carbons (Fsp3) is 0.438. The number of fused-ring (bicyclic) bond motifs is 1. The molecule has 2 aliphatic rings. The number of hydrazone groups is 1. The van der Waals surface area contributed by atoms with Crippen molar-refractivity contribution < 1.29 is 25.2 Å². The lowest BCUT2D eigenvalue weighted by Crippen LogP contribution is -2.33. The van der Waals surface area contributed by atoms with Gasteiger partial charge in [-0.1, -0.05) is 37.3 Å². The van der Waals surface area contributed by atoms with Crippen molar-refractivity contribution in [3.05, 3.63) is 60.3 Å². The summed E-state index contributed by atoms with van der Waals surface area (Å²) in [5.41, 5.74) is 9.80. The molecule has 5 atom stereocenters. The molecule has 0 spiro atoms. The minimum absolute atomic E-state index is 0.0358. The summed E-state index contributed by atoms with van der Waals surface area (Å²) in [5, 5.41) is 51.9. The first-order chi connectivity index (χ1) is 23.6. The molecule has 6 heterocycles. The van der Waals surface area contributed by atoms with Gasteiger partial charge in [-0.3, -0.25) is 0 Å². The van der Waals surface area contributed by atoms with E-state index in [0.717, 1.165) is 17.6 Å². The van der Waals surface area contributed by atoms with Crippen LogP contribution >= 0.6 is 0 Å². The van der Waals surface area contributed by atoms with Crippen molar-refractivity contribution in [2.24, 2.45) is 10.8 Å². The average molecular weight is 675 g/mol. The van der Waals surface area contributed by atoms with E-state index in [-0.39, 0.29) is 18.7 Å². The Morgan fingerprint density at radius 3 is 2.47 bits per heavy atom. The summed E-state index contributed by atoms with van der Waals surface area (Å²) in [4.78, 5) is 22.2. The van der Waals surface area contributed by atoms with Gasteiger partial charge < -0.3 is 50.7 Å². The highest BCUT2D eigenvalue weighted by molar-refractivity contribution is 6.13. The van der Waals surface area contributed by atoms with Gasteiger partial charge in [-0.25, -0.2) is 20.0 Å². The van der Waals surface area contributed by atoms with Crippen molar-refractivity contribution in [2.75, 3.05) is 35.9 Å². The molecule has 2 aliphatic heterocycles. The summed E-state index contributed by atoms with van der Waals surface area (Å²) < 4.78 is 9.18. The monoisotopic (exact) mass is 674 g/mol. The molecule has 1 saturated heterocycles. The number of anilines is 3. The number of nitrogens with zero attached hydrogens (tertiary/aromatic N) is 9. The van der Waals surface area contributed by atoms with Crippen LogP contribution in [0.5, 0.6) is 0 Å². The summed E-state index contributed by atoms with van der Waals surface area (Å²) in [6.07, 6.45) is 1.48. The second kappa shape index (κ2) is 14.3. The van der Waals surface area contributed by atoms with Crippen LogP contribution in [0, 0.1) is 0 Å². The molecule has 1 aromatic carbocycles. The number of amidine groups is 1. The van der Waals surface area contributed by atoms with Gasteiger partial charge in [0, 0.05) is 31.4 Å². The molecule has 0 amide bonds. The van der Waals surface area contributed by atoms with E-state index >= 15 is 0 Å². The van der Waals surface area contributed by atoms with E-state index in [1.807, 2.05) is 29.7 Å². The third-order valence-electron chi connectivity index (χ3n) is 8.55. The Kier molecular flexibility index (Phi) is 9.89. The van der Waals surface area contributed by atoms with Crippen LogP contribution in [-0.2, 0) is 11.3 Å². The van der Waals surface area contributed by atoms with Gasteiger partial charge in [-0.2, -0.15) is 15.1 Å². The van der Waals surface area contributed by atoms with Gasteiger partial charge in [-0.05, 0) is 25.8 Å². The van der Waals surface area contributed by atoms with E-state index in [4.69, 9.17) is 10.5 Å². The van der Waals surface area contributed by atoms with E-state index in [1.165, 1.54) is 11.9 Å². The first-order valence-corrected chi connectivity index (χ1v) is 16.1. The summed E-state index contributed by atoms with van der Waals surface area (Å²) >= 11 is 0. The molecule has 0 aliphatic carbocycles. The van der Waals surface area contributed by atoms with Crippen LogP contribution in [0.3, 0.4) is 0 Å². The van der Waals surface area contributed by atoms with Gasteiger partial charge >= 0.3 is 0 Å². The Bertz CT molecular complexity index is 1930. The van der Waals surface area contributed by atoms with E-state index in [2.05, 4.69) is 66.6 Å². The molecule has 0 radical (unpaired) electrons. The average Bonchev–Trinajstić information content (AvgIpc) is 3.80. The van der Waals surface area contributed by atoms with Crippen LogP contribution < -0.4 is 21.4 Å². The minimum atomic E-state index is -1.20. The molecule has 17 nitrogen and oxygen atoms in total. The predicted octanol–water partition coefficient (Wildman–Crippen LogP) is 1.32. The predicted molar refractivity (Wildman–Crippen MR) is 184 cm³/mol. The molecule has 260 valence electrons. The van der Waals surface area contributed by atoms with Crippen LogP contribution in [0.2, 0.25) is 0 Å². The van der Waals surface area contributed by atoms with E-state index in [0.29, 0.717) is 46.6 Å². The zero-order valence-electron chi connectivity index (χ0n) is 27.7. The topological polar surface area (TPSA) is 230 Å². The Morgan fingerprint density at radius 1 is 1.02 bits per heavy atom. The van der Waals surface area contributed by atoms with Crippen LogP contribution in [0.25, 0.3) is 22.2 Å². The highest BCUT2D eigenvalue weighted by atomic mass is 16.6. The van der Waals surface area contributed by atoms with Gasteiger partial charge in [0.2, 0.25) is 5.95 Å². The Morgan fingerprint density at radius 2 is 1.80 bits per heavy atom. The number of aliphatic hydroxyl groups is 4. The van der Waals surface area contributed by atoms with Gasteiger partial charge in [0.15, 0.2) is 34.9 Å². The summed E-state index contributed by atoms with van der Waals surface area (Å²) in [6, 6.07) is 10.3. The second-order valence-electron chi connectivity index (χ2n) is 12.2. The summed E-state index contributed by atoms with van der Waals surface area (Å²) in [6.45, 7) is 6.49. The molecule has 17 heteroatoms. The van der Waals surface area contributed by atoms with Gasteiger partial charge in [0.1, 0.15) is 30.3 Å². The smallest absolute Gasteiger partial charge is 0.227 e. The molecule has 0 bridgehead atoms. The standard InChI is InChI=1S/C19H26N6O.C13H16N6O4/c1-4-15(11-26)22-19-23-17(20-10-14-8-6-5-7-9-14)16-18(24-19)25(12-21-16)13(2)3;1-18-11-7-5(10(14)17-18)2-19(12(7)16-4-15-11)13-9(22)8(21)6(3-20)23-13/h5-9,12-13,15,26H,4,10-11H2,1-3H3,(H2,20,22,23,24);2,4,6,8-9,13,20-22H,3H2,1H3,(H2,14,17)/t15-;6-,8-,9-,13-/m11/s1. The number of nitrogens with two attached hydrogens (primary N) is 1. The quantitative estimate of drug-likeness (QED) is 0.111. The number of benzene rings is 1. The fourth-order valence-corrected chi connectivity index (χ4v) is 5.80. The molecule has 7 rings (SSSR count). The maximum Gasteiger partial charge on any atom is 0.227 e. The first-order valence-electron chi connectivity index (χ1n) is 16.1. The number of hydrogen-bond acceptors (Lipinski definition) is 15. The molecule has 5 aromatic rings. The minimum Gasteiger partial charge on any atom is -0.394 e. The van der Waals surface area contributed by atoms with Crippen molar-refractivity contribution in [2.45, 2.75) is 70.4 Å². The van der Waals surface area contributed by atoms with Crippen molar-refractivity contribution in [3.8, 4) is 0 Å². The van der Waals surface area contributed by atoms with Gasteiger partial charge in [-0.15, -0.1) is 0 Å². The van der Waals surface area contributed by atoms with Crippen molar-refractivity contribution in [1.29, 1.82) is 0 Å². The van der Waals surface area contributed by atoms with Gasteiger partial charge in [0.05, 0.1) is 31.0 Å². The number of hydrogen-bond donors (Lipinski definition) is 7. The Hall–Kier alpha value is -4.94. The molecule has 4 aromatic heterocycles. The normalized spacial score (nSPS) is 20.8. The van der Waals surface area contributed by atoms with E-state index in [1.54, 1.807) is 29.1 Å². The molecule has 8 N–H and O–H groups in total. The molecular formula is C32H42N12O5. The number of nitrogens with one attached hydrogen (secondary N) is 2. The maximum absolute atomic E-state index is 10.2. The number of aliphatic hydroxyl groups excluding tert-OH is 4. The molecule has 49 heavy (non-hydrogen) atoms. The number of aromatic nitrogens is 7. The lowest BCUT2D eigenvalue weighted by atomic mass is 10.1. The molecule has 1 fully saturated rings. The van der Waals surface area contributed by atoms with Crippen LogP contribution in [0.1, 0.15) is 50.6 Å². The zero-order chi connectivity index (χ0) is 34.8. The number of rotatable bonds is 10. The number of ether oxygens (including phenoxy) is 1. The maximum atomic E-state index is 10.2. The Labute approximate surface area is 282 Å².